The number of benzene rings is 8. The maximum Gasteiger partial charge on any atom is 0.182 e. The minimum atomic E-state index is 0.679. The molecule has 0 aliphatic rings. The normalized spacial score (nSPS) is 11.9. The van der Waals surface area contributed by atoms with Gasteiger partial charge in [0.1, 0.15) is 5.58 Å². The predicted octanol–water partition coefficient (Wildman–Crippen LogP) is 12.7. The van der Waals surface area contributed by atoms with Crippen molar-refractivity contribution in [3.8, 4) is 39.8 Å². The molecule has 0 amide bonds. The zero-order valence-corrected chi connectivity index (χ0v) is 30.0. The number of fused-ring (bicyclic) bond motifs is 10. The highest BCUT2D eigenvalue weighted by molar-refractivity contribution is 6.21. The van der Waals surface area contributed by atoms with Crippen molar-refractivity contribution in [1.29, 1.82) is 0 Å². The van der Waals surface area contributed by atoms with Gasteiger partial charge in [-0.05, 0) is 54.6 Å². The summed E-state index contributed by atoms with van der Waals surface area (Å²) in [5, 5.41) is 12.0. The van der Waals surface area contributed by atoms with Crippen LogP contribution in [0.5, 0.6) is 0 Å². The van der Waals surface area contributed by atoms with Crippen molar-refractivity contribution in [2.24, 2.45) is 0 Å². The van der Waals surface area contributed by atoms with Crippen molar-refractivity contribution >= 4 is 65.6 Å². The molecule has 0 unspecified atom stereocenters. The average molecular weight is 718 g/mol. The molecule has 0 atom stereocenters. The van der Waals surface area contributed by atoms with E-state index in [1.54, 1.807) is 0 Å². The van der Waals surface area contributed by atoms with Gasteiger partial charge in [0.15, 0.2) is 17.2 Å². The maximum absolute atomic E-state index is 6.73. The summed E-state index contributed by atoms with van der Waals surface area (Å²) in [7, 11) is 0. The number of nitrogens with zero attached hydrogens (tertiary/aromatic N) is 5. The number of rotatable bonds is 5. The van der Waals surface area contributed by atoms with Crippen molar-refractivity contribution in [1.82, 2.24) is 23.9 Å². The van der Waals surface area contributed by atoms with Crippen molar-refractivity contribution < 1.29 is 4.42 Å². The highest BCUT2D eigenvalue weighted by Crippen LogP contribution is 2.43. The molecule has 262 valence electrons. The van der Waals surface area contributed by atoms with Gasteiger partial charge in [-0.1, -0.05) is 133 Å². The summed E-state index contributed by atoms with van der Waals surface area (Å²) in [6, 6.07) is 65.9. The first-order valence-corrected chi connectivity index (χ1v) is 18.8. The summed E-state index contributed by atoms with van der Waals surface area (Å²) in [6.45, 7) is 0. The van der Waals surface area contributed by atoms with Gasteiger partial charge in [-0.2, -0.15) is 0 Å². The molecule has 12 aromatic rings. The standard InChI is InChI=1S/C50H31N5O/c1-3-15-32(16-4-1)49-51-50(55(52-49)34-17-5-2-6-18-34)33-27-28-37-35-19-7-10-22-41(35)53(45(37)31-33)43-24-12-13-25-44(43)54-42-23-11-8-20-36(42)39-29-30-40-38-21-9-14-26-46(38)56-48(40)47(39)54/h1-31H. The van der Waals surface area contributed by atoms with Gasteiger partial charge in [-0.15, -0.1) is 5.10 Å². The second-order valence-electron chi connectivity index (χ2n) is 14.2. The first kappa shape index (κ1) is 30.7. The second kappa shape index (κ2) is 11.9. The van der Waals surface area contributed by atoms with Crippen LogP contribution >= 0.6 is 0 Å². The number of hydrogen-bond donors (Lipinski definition) is 0. The van der Waals surface area contributed by atoms with Gasteiger partial charge in [0.2, 0.25) is 0 Å². The summed E-state index contributed by atoms with van der Waals surface area (Å²) in [4.78, 5) is 5.19. The highest BCUT2D eigenvalue weighted by Gasteiger charge is 2.23. The van der Waals surface area contributed by atoms with E-state index in [4.69, 9.17) is 14.5 Å². The predicted molar refractivity (Wildman–Crippen MR) is 228 cm³/mol. The van der Waals surface area contributed by atoms with Crippen molar-refractivity contribution in [3.63, 3.8) is 0 Å². The van der Waals surface area contributed by atoms with Crippen LogP contribution in [0.15, 0.2) is 192 Å². The molecular weight excluding hydrogens is 687 g/mol. The lowest BCUT2D eigenvalue weighted by Gasteiger charge is -2.17. The molecular formula is C50H31N5O. The van der Waals surface area contributed by atoms with Gasteiger partial charge in [-0.3, -0.25) is 0 Å². The third kappa shape index (κ3) is 4.44. The van der Waals surface area contributed by atoms with Crippen LogP contribution in [-0.4, -0.2) is 23.9 Å². The van der Waals surface area contributed by atoms with Gasteiger partial charge < -0.3 is 13.6 Å². The monoisotopic (exact) mass is 717 g/mol. The van der Waals surface area contributed by atoms with E-state index in [0.717, 1.165) is 88.8 Å². The molecule has 0 radical (unpaired) electrons. The molecule has 0 bridgehead atoms. The van der Waals surface area contributed by atoms with E-state index in [1.165, 1.54) is 10.8 Å². The second-order valence-corrected chi connectivity index (χ2v) is 14.2. The van der Waals surface area contributed by atoms with Gasteiger partial charge >= 0.3 is 0 Å². The zero-order chi connectivity index (χ0) is 36.7. The van der Waals surface area contributed by atoms with Crippen LogP contribution in [0.2, 0.25) is 0 Å². The highest BCUT2D eigenvalue weighted by atomic mass is 16.3. The molecule has 4 heterocycles. The van der Waals surface area contributed by atoms with Crippen molar-refractivity contribution in [2.75, 3.05) is 0 Å². The summed E-state index contributed by atoms with van der Waals surface area (Å²) in [5.74, 6) is 1.45. The number of hydrogen-bond acceptors (Lipinski definition) is 3. The van der Waals surface area contributed by atoms with Crippen LogP contribution < -0.4 is 0 Å². The maximum atomic E-state index is 6.73. The third-order valence-electron chi connectivity index (χ3n) is 11.1. The number of furan rings is 1. The molecule has 6 heteroatoms. The van der Waals surface area contributed by atoms with Crippen LogP contribution in [0.4, 0.5) is 0 Å². The Morgan fingerprint density at radius 2 is 0.982 bits per heavy atom. The minimum Gasteiger partial charge on any atom is -0.454 e. The quantitative estimate of drug-likeness (QED) is 0.178. The van der Waals surface area contributed by atoms with Crippen LogP contribution in [-0.2, 0) is 0 Å². The molecule has 0 N–H and O–H groups in total. The Bertz CT molecular complexity index is 3480. The molecule has 56 heavy (non-hydrogen) atoms. The third-order valence-corrected chi connectivity index (χ3v) is 11.1. The minimum absolute atomic E-state index is 0.679. The van der Waals surface area contributed by atoms with Gasteiger partial charge in [0.25, 0.3) is 0 Å². The van der Waals surface area contributed by atoms with E-state index in [-0.39, 0.29) is 0 Å². The zero-order valence-electron chi connectivity index (χ0n) is 30.0. The fraction of sp³-hybridized carbons (Fsp3) is 0. The van der Waals surface area contributed by atoms with Gasteiger partial charge in [0, 0.05) is 43.4 Å². The number of aromatic nitrogens is 5. The Morgan fingerprint density at radius 1 is 0.411 bits per heavy atom. The molecule has 0 aliphatic carbocycles. The molecule has 6 nitrogen and oxygen atoms in total. The lowest BCUT2D eigenvalue weighted by Crippen LogP contribution is -2.03. The summed E-state index contributed by atoms with van der Waals surface area (Å²) in [6.07, 6.45) is 0. The van der Waals surface area contributed by atoms with Crippen molar-refractivity contribution in [2.45, 2.75) is 0 Å². The molecule has 4 aromatic heterocycles. The molecule has 8 aromatic carbocycles. The van der Waals surface area contributed by atoms with Crippen LogP contribution in [0.25, 0.3) is 105 Å². The van der Waals surface area contributed by atoms with Gasteiger partial charge in [-0.25, -0.2) is 9.67 Å². The first-order valence-electron chi connectivity index (χ1n) is 18.8. The summed E-state index contributed by atoms with van der Waals surface area (Å²) >= 11 is 0. The Hall–Kier alpha value is -7.70. The Balaban J connectivity index is 1.15. The molecule has 0 spiro atoms. The Morgan fingerprint density at radius 3 is 1.77 bits per heavy atom. The molecule has 0 saturated carbocycles. The fourth-order valence-electron chi connectivity index (χ4n) is 8.65. The van der Waals surface area contributed by atoms with E-state index in [9.17, 15) is 0 Å². The lowest BCUT2D eigenvalue weighted by atomic mass is 10.1. The van der Waals surface area contributed by atoms with E-state index in [1.807, 2.05) is 47.1 Å². The van der Waals surface area contributed by atoms with Crippen LogP contribution in [0, 0.1) is 0 Å². The first-order chi connectivity index (χ1) is 27.8. The molecule has 0 fully saturated rings. The molecule has 0 saturated heterocycles. The molecule has 12 rings (SSSR count). The lowest BCUT2D eigenvalue weighted by molar-refractivity contribution is 0.671. The Kier molecular flexibility index (Phi) is 6.53. The van der Waals surface area contributed by atoms with E-state index in [0.29, 0.717) is 5.82 Å². The van der Waals surface area contributed by atoms with E-state index >= 15 is 0 Å². The summed E-state index contributed by atoms with van der Waals surface area (Å²) in [5.41, 5.74) is 11.1. The van der Waals surface area contributed by atoms with Crippen LogP contribution in [0.3, 0.4) is 0 Å². The topological polar surface area (TPSA) is 53.7 Å². The molecule has 0 aliphatic heterocycles. The SMILES string of the molecule is c1ccc(-c2nc(-c3ccc4c5ccccc5n(-c5ccccc5-n5c6ccccc6c6ccc7c8ccccc8oc7c65)c4c3)n(-c3ccccc3)n2)cc1. The van der Waals surface area contributed by atoms with Crippen LogP contribution in [0.1, 0.15) is 0 Å². The van der Waals surface area contributed by atoms with Gasteiger partial charge in [0.05, 0.1) is 39.1 Å². The number of para-hydroxylation sites is 6. The average Bonchev–Trinajstić information content (AvgIpc) is 4.04. The Labute approximate surface area is 320 Å². The van der Waals surface area contributed by atoms with E-state index < -0.39 is 0 Å². The summed E-state index contributed by atoms with van der Waals surface area (Å²) < 4.78 is 13.5. The fourth-order valence-corrected chi connectivity index (χ4v) is 8.65. The van der Waals surface area contributed by atoms with E-state index in [2.05, 4.69) is 155 Å². The smallest absolute Gasteiger partial charge is 0.182 e. The van der Waals surface area contributed by atoms with Crippen molar-refractivity contribution in [3.05, 3.63) is 188 Å². The largest absolute Gasteiger partial charge is 0.454 e.